The van der Waals surface area contributed by atoms with Crippen LogP contribution in [-0.2, 0) is 16.1 Å². The molecule has 0 aromatic heterocycles. The number of nitrogens with one attached hydrogen (secondary N) is 1. The summed E-state index contributed by atoms with van der Waals surface area (Å²) in [5.41, 5.74) is 1.94. The standard InChI is InChI=1S/C25H34N2O4/c1-6-19(4)26-25(29)23(7-2)27(16-20-11-9-12-21(15-20)30-5)24(28)17-31-22-13-8-10-18(3)14-22/h8-15,19,23H,6-7,16-17H2,1-5H3,(H,26,29). The maximum Gasteiger partial charge on any atom is 0.261 e. The minimum atomic E-state index is -0.589. The minimum Gasteiger partial charge on any atom is -0.497 e. The van der Waals surface area contributed by atoms with Gasteiger partial charge in [0.1, 0.15) is 17.5 Å². The van der Waals surface area contributed by atoms with E-state index in [1.54, 1.807) is 12.0 Å². The lowest BCUT2D eigenvalue weighted by atomic mass is 10.1. The number of rotatable bonds is 11. The molecule has 0 saturated heterocycles. The van der Waals surface area contributed by atoms with E-state index >= 15 is 0 Å². The van der Waals surface area contributed by atoms with Gasteiger partial charge in [-0.2, -0.15) is 0 Å². The highest BCUT2D eigenvalue weighted by Crippen LogP contribution is 2.18. The van der Waals surface area contributed by atoms with Crippen molar-refractivity contribution >= 4 is 11.8 Å². The summed E-state index contributed by atoms with van der Waals surface area (Å²) in [7, 11) is 1.60. The van der Waals surface area contributed by atoms with Gasteiger partial charge in [0.25, 0.3) is 5.91 Å². The van der Waals surface area contributed by atoms with Crippen LogP contribution in [0.2, 0.25) is 0 Å². The number of carbonyl (C=O) groups is 2. The molecule has 1 N–H and O–H groups in total. The van der Waals surface area contributed by atoms with Crippen LogP contribution in [0.4, 0.5) is 0 Å². The van der Waals surface area contributed by atoms with Crippen molar-refractivity contribution in [2.75, 3.05) is 13.7 Å². The Labute approximate surface area is 185 Å². The average Bonchev–Trinajstić information content (AvgIpc) is 2.77. The normalized spacial score (nSPS) is 12.5. The number of nitrogens with zero attached hydrogens (tertiary/aromatic N) is 1. The van der Waals surface area contributed by atoms with E-state index in [9.17, 15) is 9.59 Å². The second-order valence-electron chi connectivity index (χ2n) is 7.72. The molecular formula is C25H34N2O4. The highest BCUT2D eigenvalue weighted by Gasteiger charge is 2.29. The molecule has 0 bridgehead atoms. The topological polar surface area (TPSA) is 67.9 Å². The van der Waals surface area contributed by atoms with Crippen LogP contribution < -0.4 is 14.8 Å². The van der Waals surface area contributed by atoms with Gasteiger partial charge in [-0.25, -0.2) is 0 Å². The van der Waals surface area contributed by atoms with Crippen molar-refractivity contribution < 1.29 is 19.1 Å². The van der Waals surface area contributed by atoms with Gasteiger partial charge in [0.05, 0.1) is 7.11 Å². The zero-order chi connectivity index (χ0) is 22.8. The van der Waals surface area contributed by atoms with Gasteiger partial charge in [0, 0.05) is 12.6 Å². The lowest BCUT2D eigenvalue weighted by Gasteiger charge is -2.31. The van der Waals surface area contributed by atoms with Crippen LogP contribution in [0, 0.1) is 6.92 Å². The molecule has 0 radical (unpaired) electrons. The summed E-state index contributed by atoms with van der Waals surface area (Å²) in [5.74, 6) is 0.948. The molecule has 2 aromatic carbocycles. The van der Waals surface area contributed by atoms with Gasteiger partial charge >= 0.3 is 0 Å². The van der Waals surface area contributed by atoms with Crippen molar-refractivity contribution in [2.45, 2.75) is 59.2 Å². The Balaban J connectivity index is 2.23. The molecule has 2 amide bonds. The number of aryl methyl sites for hydroxylation is 1. The molecule has 2 unspecified atom stereocenters. The van der Waals surface area contributed by atoms with Crippen LogP contribution in [0.15, 0.2) is 48.5 Å². The lowest BCUT2D eigenvalue weighted by molar-refractivity contribution is -0.143. The first-order valence-corrected chi connectivity index (χ1v) is 10.8. The third-order valence-corrected chi connectivity index (χ3v) is 5.23. The van der Waals surface area contributed by atoms with E-state index in [4.69, 9.17) is 9.47 Å². The maximum atomic E-state index is 13.2. The predicted octanol–water partition coefficient (Wildman–Crippen LogP) is 4.10. The van der Waals surface area contributed by atoms with E-state index in [-0.39, 0.29) is 24.5 Å². The summed E-state index contributed by atoms with van der Waals surface area (Å²) in [6.45, 7) is 8.00. The van der Waals surface area contributed by atoms with Gasteiger partial charge in [-0.3, -0.25) is 9.59 Å². The minimum absolute atomic E-state index is 0.0406. The van der Waals surface area contributed by atoms with Crippen molar-refractivity contribution in [3.05, 3.63) is 59.7 Å². The third kappa shape index (κ3) is 7.31. The number of methoxy groups -OCH3 is 1. The van der Waals surface area contributed by atoms with E-state index in [1.807, 2.05) is 76.2 Å². The number of hydrogen-bond donors (Lipinski definition) is 1. The fourth-order valence-electron chi connectivity index (χ4n) is 3.26. The van der Waals surface area contributed by atoms with Gasteiger partial charge in [0.15, 0.2) is 6.61 Å². The lowest BCUT2D eigenvalue weighted by Crippen LogP contribution is -2.51. The first-order chi connectivity index (χ1) is 14.9. The van der Waals surface area contributed by atoms with Crippen LogP contribution in [0.25, 0.3) is 0 Å². The van der Waals surface area contributed by atoms with Crippen LogP contribution >= 0.6 is 0 Å². The molecule has 2 rings (SSSR count). The van der Waals surface area contributed by atoms with Crippen LogP contribution in [0.5, 0.6) is 11.5 Å². The molecule has 2 atom stereocenters. The fraction of sp³-hybridized carbons (Fsp3) is 0.440. The quantitative estimate of drug-likeness (QED) is 0.587. The monoisotopic (exact) mass is 426 g/mol. The molecule has 2 aromatic rings. The molecule has 168 valence electrons. The first-order valence-electron chi connectivity index (χ1n) is 10.8. The van der Waals surface area contributed by atoms with Crippen molar-refractivity contribution in [1.82, 2.24) is 10.2 Å². The Kier molecular flexibility index (Phi) is 9.38. The molecule has 0 aliphatic carbocycles. The van der Waals surface area contributed by atoms with E-state index in [2.05, 4.69) is 5.32 Å². The molecule has 6 heteroatoms. The summed E-state index contributed by atoms with van der Waals surface area (Å²) in [4.78, 5) is 27.8. The fourth-order valence-corrected chi connectivity index (χ4v) is 3.26. The molecule has 0 spiro atoms. The molecule has 0 aliphatic rings. The summed E-state index contributed by atoms with van der Waals surface area (Å²) in [5, 5.41) is 3.01. The smallest absolute Gasteiger partial charge is 0.261 e. The SMILES string of the molecule is CCC(C)NC(=O)C(CC)N(Cc1cccc(OC)c1)C(=O)COc1cccc(C)c1. The van der Waals surface area contributed by atoms with Crippen LogP contribution in [-0.4, -0.2) is 42.5 Å². The largest absolute Gasteiger partial charge is 0.497 e. The molecular weight excluding hydrogens is 392 g/mol. The van der Waals surface area contributed by atoms with Crippen LogP contribution in [0.3, 0.4) is 0 Å². The Morgan fingerprint density at radius 3 is 2.39 bits per heavy atom. The molecule has 31 heavy (non-hydrogen) atoms. The second kappa shape index (κ2) is 12.0. The number of benzene rings is 2. The van der Waals surface area contributed by atoms with E-state index in [0.29, 0.717) is 24.5 Å². The Morgan fingerprint density at radius 2 is 1.74 bits per heavy atom. The molecule has 0 heterocycles. The first kappa shape index (κ1) is 24.3. The van der Waals surface area contributed by atoms with Gasteiger partial charge in [-0.15, -0.1) is 0 Å². The highest BCUT2D eigenvalue weighted by molar-refractivity contribution is 5.88. The third-order valence-electron chi connectivity index (χ3n) is 5.23. The Morgan fingerprint density at radius 1 is 1.03 bits per heavy atom. The highest BCUT2D eigenvalue weighted by atomic mass is 16.5. The van der Waals surface area contributed by atoms with Gasteiger partial charge in [0.2, 0.25) is 5.91 Å². The maximum absolute atomic E-state index is 13.2. The number of hydrogen-bond acceptors (Lipinski definition) is 4. The summed E-state index contributed by atoms with van der Waals surface area (Å²) >= 11 is 0. The predicted molar refractivity (Wildman–Crippen MR) is 122 cm³/mol. The van der Waals surface area contributed by atoms with Crippen molar-refractivity contribution in [3.8, 4) is 11.5 Å². The van der Waals surface area contributed by atoms with Gasteiger partial charge in [-0.1, -0.05) is 38.1 Å². The Hall–Kier alpha value is -3.02. The zero-order valence-corrected chi connectivity index (χ0v) is 19.2. The van der Waals surface area contributed by atoms with E-state index < -0.39 is 6.04 Å². The van der Waals surface area contributed by atoms with E-state index in [1.165, 1.54) is 0 Å². The average molecular weight is 427 g/mol. The molecule has 0 aliphatic heterocycles. The van der Waals surface area contributed by atoms with E-state index in [0.717, 1.165) is 17.5 Å². The Bertz CT molecular complexity index is 868. The van der Waals surface area contributed by atoms with Crippen molar-refractivity contribution in [2.24, 2.45) is 0 Å². The van der Waals surface area contributed by atoms with Gasteiger partial charge in [-0.05, 0) is 62.1 Å². The molecule has 0 fully saturated rings. The molecule has 0 saturated carbocycles. The number of carbonyl (C=O) groups excluding carboxylic acids is 2. The number of ether oxygens (including phenoxy) is 2. The summed E-state index contributed by atoms with van der Waals surface area (Å²) in [6, 6.07) is 14.5. The van der Waals surface area contributed by atoms with Crippen molar-refractivity contribution in [3.63, 3.8) is 0 Å². The second-order valence-corrected chi connectivity index (χ2v) is 7.72. The van der Waals surface area contributed by atoms with Crippen molar-refractivity contribution in [1.29, 1.82) is 0 Å². The summed E-state index contributed by atoms with van der Waals surface area (Å²) in [6.07, 6.45) is 1.32. The molecule has 6 nitrogen and oxygen atoms in total. The van der Waals surface area contributed by atoms with Gasteiger partial charge < -0.3 is 19.7 Å². The zero-order valence-electron chi connectivity index (χ0n) is 19.2. The van der Waals surface area contributed by atoms with Crippen LogP contribution in [0.1, 0.15) is 44.7 Å². The number of amides is 2. The summed E-state index contributed by atoms with van der Waals surface area (Å²) < 4.78 is 11.0.